The van der Waals surface area contributed by atoms with Crippen LogP contribution >= 0.6 is 0 Å². The van der Waals surface area contributed by atoms with Crippen molar-refractivity contribution in [3.05, 3.63) is 71.4 Å². The van der Waals surface area contributed by atoms with Gasteiger partial charge in [0.2, 0.25) is 10.0 Å². The number of hydrogen-bond acceptors (Lipinski definition) is 4. The fraction of sp³-hybridized carbons (Fsp3) is 0.318. The second-order valence-corrected chi connectivity index (χ2v) is 9.41. The average Bonchev–Trinajstić information content (AvgIpc) is 2.69. The second-order valence-electron chi connectivity index (χ2n) is 7.51. The van der Waals surface area contributed by atoms with E-state index < -0.39 is 10.0 Å². The van der Waals surface area contributed by atoms with Crippen LogP contribution in [-0.4, -0.2) is 48.8 Å². The minimum atomic E-state index is -3.56. The first-order valence-electron chi connectivity index (χ1n) is 9.57. The lowest BCUT2D eigenvalue weighted by Crippen LogP contribution is -2.48. The van der Waals surface area contributed by atoms with E-state index >= 15 is 0 Å². The van der Waals surface area contributed by atoms with Crippen LogP contribution in [0.5, 0.6) is 0 Å². The van der Waals surface area contributed by atoms with Crippen LogP contribution < -0.4 is 0 Å². The lowest BCUT2D eigenvalue weighted by molar-refractivity contribution is 0.181. The molecule has 0 spiro atoms. The maximum Gasteiger partial charge on any atom is 0.245 e. The van der Waals surface area contributed by atoms with E-state index in [1.807, 2.05) is 19.1 Å². The van der Waals surface area contributed by atoms with Crippen molar-refractivity contribution < 1.29 is 8.42 Å². The highest BCUT2D eigenvalue weighted by molar-refractivity contribution is 7.89. The maximum absolute atomic E-state index is 13.3. The van der Waals surface area contributed by atoms with Crippen LogP contribution in [-0.2, 0) is 16.6 Å². The molecule has 1 aromatic heterocycles. The highest BCUT2D eigenvalue weighted by atomic mass is 32.2. The zero-order valence-corrected chi connectivity index (χ0v) is 17.1. The van der Waals surface area contributed by atoms with Crippen LogP contribution in [0, 0.1) is 13.8 Å². The van der Waals surface area contributed by atoms with Gasteiger partial charge in [-0.15, -0.1) is 0 Å². The van der Waals surface area contributed by atoms with Crippen molar-refractivity contribution in [1.29, 1.82) is 0 Å². The number of para-hydroxylation sites is 1. The first kappa shape index (κ1) is 19.1. The second kappa shape index (κ2) is 7.62. The Hall–Kier alpha value is -2.28. The van der Waals surface area contributed by atoms with E-state index in [2.05, 4.69) is 41.1 Å². The van der Waals surface area contributed by atoms with Crippen molar-refractivity contribution in [3.63, 3.8) is 0 Å². The molecule has 1 aliphatic rings. The molecule has 0 N–H and O–H groups in total. The summed E-state index contributed by atoms with van der Waals surface area (Å²) in [6, 6.07) is 15.9. The first-order valence-corrected chi connectivity index (χ1v) is 11.0. The van der Waals surface area contributed by atoms with Crippen LogP contribution in [0.1, 0.15) is 16.7 Å². The third-order valence-corrected chi connectivity index (χ3v) is 7.22. The molecule has 1 aliphatic heterocycles. The molecule has 6 heteroatoms. The van der Waals surface area contributed by atoms with Crippen LogP contribution in [0.15, 0.2) is 59.6 Å². The number of nitrogens with zero attached hydrogens (tertiary/aromatic N) is 3. The molecule has 0 amide bonds. The standard InChI is InChI=1S/C22H25N3O2S/c1-17-6-8-19(9-7-17)16-24-10-12-25(13-11-24)28(26,27)21-5-3-4-20-14-18(2)15-23-22(20)21/h3-9,14-15H,10-13,16H2,1-2H3. The number of sulfonamides is 1. The summed E-state index contributed by atoms with van der Waals surface area (Å²) in [5.41, 5.74) is 4.08. The topological polar surface area (TPSA) is 53.5 Å². The summed E-state index contributed by atoms with van der Waals surface area (Å²) < 4.78 is 28.1. The number of piperazine rings is 1. The van der Waals surface area contributed by atoms with Crippen molar-refractivity contribution in [2.24, 2.45) is 0 Å². The molecule has 0 aliphatic carbocycles. The molecule has 28 heavy (non-hydrogen) atoms. The zero-order valence-electron chi connectivity index (χ0n) is 16.3. The van der Waals surface area contributed by atoms with Gasteiger partial charge in [-0.25, -0.2) is 8.42 Å². The number of benzene rings is 2. The maximum atomic E-state index is 13.3. The van der Waals surface area contributed by atoms with E-state index in [4.69, 9.17) is 0 Å². The Balaban J connectivity index is 1.50. The average molecular weight is 396 g/mol. The van der Waals surface area contributed by atoms with Gasteiger partial charge in [0, 0.05) is 44.3 Å². The number of pyridine rings is 1. The summed E-state index contributed by atoms with van der Waals surface area (Å²) in [5, 5.41) is 0.860. The fourth-order valence-electron chi connectivity index (χ4n) is 3.67. The normalized spacial score (nSPS) is 16.5. The Morgan fingerprint density at radius 1 is 0.929 bits per heavy atom. The highest BCUT2D eigenvalue weighted by Crippen LogP contribution is 2.25. The van der Waals surface area contributed by atoms with E-state index in [1.54, 1.807) is 22.6 Å². The van der Waals surface area contributed by atoms with E-state index in [0.717, 1.165) is 30.6 Å². The summed E-state index contributed by atoms with van der Waals surface area (Å²) in [6.45, 7) is 7.34. The Labute approximate surface area is 166 Å². The van der Waals surface area contributed by atoms with Crippen molar-refractivity contribution >= 4 is 20.9 Å². The zero-order chi connectivity index (χ0) is 19.7. The largest absolute Gasteiger partial charge is 0.296 e. The van der Waals surface area contributed by atoms with E-state index in [9.17, 15) is 8.42 Å². The van der Waals surface area contributed by atoms with Crippen LogP contribution in [0.25, 0.3) is 10.9 Å². The van der Waals surface area contributed by atoms with E-state index in [-0.39, 0.29) is 0 Å². The molecule has 0 atom stereocenters. The monoisotopic (exact) mass is 395 g/mol. The van der Waals surface area contributed by atoms with Gasteiger partial charge in [-0.2, -0.15) is 4.31 Å². The molecular weight excluding hydrogens is 370 g/mol. The summed E-state index contributed by atoms with van der Waals surface area (Å²) in [7, 11) is -3.56. The van der Waals surface area contributed by atoms with Gasteiger partial charge in [0.1, 0.15) is 4.90 Å². The number of hydrogen-bond donors (Lipinski definition) is 0. The molecule has 2 aromatic carbocycles. The Bertz CT molecular complexity index is 1090. The fourth-order valence-corrected chi connectivity index (χ4v) is 5.26. The molecule has 4 rings (SSSR count). The van der Waals surface area contributed by atoms with Gasteiger partial charge in [-0.1, -0.05) is 42.0 Å². The van der Waals surface area contributed by atoms with Crippen LogP contribution in [0.4, 0.5) is 0 Å². The first-order chi connectivity index (χ1) is 13.4. The summed E-state index contributed by atoms with van der Waals surface area (Å²) in [6.07, 6.45) is 1.72. The quantitative estimate of drug-likeness (QED) is 0.680. The van der Waals surface area contributed by atoms with Gasteiger partial charge in [0.15, 0.2) is 0 Å². The third-order valence-electron chi connectivity index (χ3n) is 5.29. The van der Waals surface area contributed by atoms with Gasteiger partial charge < -0.3 is 0 Å². The molecule has 0 bridgehead atoms. The Morgan fingerprint density at radius 2 is 1.64 bits per heavy atom. The molecular formula is C22H25N3O2S. The number of aryl methyl sites for hydroxylation is 2. The van der Waals surface area contributed by atoms with Crippen LogP contribution in [0.3, 0.4) is 0 Å². The van der Waals surface area contributed by atoms with Crippen molar-refractivity contribution in [1.82, 2.24) is 14.2 Å². The van der Waals surface area contributed by atoms with Gasteiger partial charge in [-0.3, -0.25) is 9.88 Å². The molecule has 1 fully saturated rings. The van der Waals surface area contributed by atoms with Crippen molar-refractivity contribution in [2.45, 2.75) is 25.3 Å². The molecule has 3 aromatic rings. The van der Waals surface area contributed by atoms with Gasteiger partial charge >= 0.3 is 0 Å². The number of fused-ring (bicyclic) bond motifs is 1. The van der Waals surface area contributed by atoms with Crippen LogP contribution in [0.2, 0.25) is 0 Å². The molecule has 146 valence electrons. The van der Waals surface area contributed by atoms with Crippen molar-refractivity contribution in [3.8, 4) is 0 Å². The van der Waals surface area contributed by atoms with E-state index in [0.29, 0.717) is 23.5 Å². The molecule has 5 nitrogen and oxygen atoms in total. The van der Waals surface area contributed by atoms with Crippen molar-refractivity contribution in [2.75, 3.05) is 26.2 Å². The van der Waals surface area contributed by atoms with E-state index in [1.165, 1.54) is 11.1 Å². The predicted molar refractivity (Wildman–Crippen MR) is 112 cm³/mol. The number of aromatic nitrogens is 1. The van der Waals surface area contributed by atoms with Gasteiger partial charge in [0.25, 0.3) is 0 Å². The van der Waals surface area contributed by atoms with Gasteiger partial charge in [0.05, 0.1) is 5.52 Å². The molecule has 0 unspecified atom stereocenters. The number of rotatable bonds is 4. The lowest BCUT2D eigenvalue weighted by atomic mass is 10.1. The Kier molecular flexibility index (Phi) is 5.19. The molecule has 2 heterocycles. The third kappa shape index (κ3) is 3.81. The lowest BCUT2D eigenvalue weighted by Gasteiger charge is -2.34. The minimum absolute atomic E-state index is 0.303. The molecule has 0 saturated carbocycles. The summed E-state index contributed by atoms with van der Waals surface area (Å²) in [4.78, 5) is 7.01. The predicted octanol–water partition coefficient (Wildman–Crippen LogP) is 3.36. The summed E-state index contributed by atoms with van der Waals surface area (Å²) >= 11 is 0. The molecule has 1 saturated heterocycles. The smallest absolute Gasteiger partial charge is 0.245 e. The minimum Gasteiger partial charge on any atom is -0.296 e. The van der Waals surface area contributed by atoms with Gasteiger partial charge in [-0.05, 0) is 37.1 Å². The summed E-state index contributed by atoms with van der Waals surface area (Å²) in [5.74, 6) is 0. The molecule has 0 radical (unpaired) electrons. The highest BCUT2D eigenvalue weighted by Gasteiger charge is 2.30. The SMILES string of the molecule is Cc1ccc(CN2CCN(S(=O)(=O)c3cccc4cc(C)cnc34)CC2)cc1. The Morgan fingerprint density at radius 3 is 2.36 bits per heavy atom.